The maximum atomic E-state index is 12.4. The summed E-state index contributed by atoms with van der Waals surface area (Å²) in [4.78, 5) is 12.4. The zero-order valence-electron chi connectivity index (χ0n) is 10.9. The van der Waals surface area contributed by atoms with Crippen LogP contribution in [0.3, 0.4) is 0 Å². The average Bonchev–Trinajstić information content (AvgIpc) is 2.40. The molecule has 0 saturated heterocycles. The maximum absolute atomic E-state index is 12.4. The molecule has 0 fully saturated rings. The highest BCUT2D eigenvalue weighted by Crippen LogP contribution is 2.33. The number of fused-ring (bicyclic) bond motifs is 1. The lowest BCUT2D eigenvalue weighted by Gasteiger charge is -2.09. The second-order valence-corrected chi connectivity index (χ2v) is 6.87. The zero-order valence-corrected chi connectivity index (χ0v) is 14.8. The number of aryl methyl sites for hydroxylation is 1. The van der Waals surface area contributed by atoms with E-state index in [-0.39, 0.29) is 5.63 Å². The third-order valence-electron chi connectivity index (χ3n) is 3.30. The number of halogens is 3. The predicted octanol–water partition coefficient (Wildman–Crippen LogP) is 5.95. The van der Waals surface area contributed by atoms with Crippen LogP contribution in [0.4, 0.5) is 0 Å². The SMILES string of the molecule is Cc1c(-c2cccc(Br)c2)c(=O)oc2c(Br)cc(Cl)cc12. The van der Waals surface area contributed by atoms with Crippen molar-refractivity contribution in [2.24, 2.45) is 0 Å². The van der Waals surface area contributed by atoms with Gasteiger partial charge in [0.05, 0.1) is 10.0 Å². The van der Waals surface area contributed by atoms with E-state index in [0.29, 0.717) is 20.6 Å². The molecule has 0 aliphatic rings. The quantitative estimate of drug-likeness (QED) is 0.449. The van der Waals surface area contributed by atoms with Gasteiger partial charge in [-0.3, -0.25) is 0 Å². The molecule has 2 nitrogen and oxygen atoms in total. The van der Waals surface area contributed by atoms with E-state index in [1.165, 1.54) is 0 Å². The van der Waals surface area contributed by atoms with Crippen LogP contribution in [-0.4, -0.2) is 0 Å². The van der Waals surface area contributed by atoms with Crippen molar-refractivity contribution in [3.63, 3.8) is 0 Å². The van der Waals surface area contributed by atoms with Crippen molar-refractivity contribution in [3.8, 4) is 11.1 Å². The van der Waals surface area contributed by atoms with Crippen molar-refractivity contribution in [3.05, 3.63) is 66.3 Å². The smallest absolute Gasteiger partial charge is 0.344 e. The minimum Gasteiger partial charge on any atom is -0.421 e. The van der Waals surface area contributed by atoms with E-state index in [2.05, 4.69) is 31.9 Å². The standard InChI is InChI=1S/C16H9Br2ClO2/c1-8-12-6-11(19)7-13(18)15(12)21-16(20)14(8)9-3-2-4-10(17)5-9/h2-7H,1H3. The third kappa shape index (κ3) is 2.68. The Morgan fingerprint density at radius 2 is 1.90 bits per heavy atom. The zero-order chi connectivity index (χ0) is 15.1. The predicted molar refractivity (Wildman–Crippen MR) is 93.1 cm³/mol. The fraction of sp³-hybridized carbons (Fsp3) is 0.0625. The van der Waals surface area contributed by atoms with Crippen LogP contribution in [0.15, 0.2) is 54.6 Å². The van der Waals surface area contributed by atoms with Crippen LogP contribution in [0.2, 0.25) is 5.02 Å². The second kappa shape index (κ2) is 5.59. The highest BCUT2D eigenvalue weighted by molar-refractivity contribution is 9.11. The van der Waals surface area contributed by atoms with Gasteiger partial charge in [-0.15, -0.1) is 0 Å². The van der Waals surface area contributed by atoms with Gasteiger partial charge < -0.3 is 4.42 Å². The summed E-state index contributed by atoms with van der Waals surface area (Å²) in [6.45, 7) is 1.90. The number of benzene rings is 2. The van der Waals surface area contributed by atoms with Crippen LogP contribution in [0, 0.1) is 6.92 Å². The summed E-state index contributed by atoms with van der Waals surface area (Å²) in [6.07, 6.45) is 0. The molecule has 3 aromatic rings. The molecule has 0 spiro atoms. The molecule has 1 aromatic heterocycles. The summed E-state index contributed by atoms with van der Waals surface area (Å²) in [6, 6.07) is 11.1. The highest BCUT2D eigenvalue weighted by atomic mass is 79.9. The van der Waals surface area contributed by atoms with E-state index in [0.717, 1.165) is 21.0 Å². The first-order valence-electron chi connectivity index (χ1n) is 6.16. The normalized spacial score (nSPS) is 11.0. The van der Waals surface area contributed by atoms with E-state index in [9.17, 15) is 4.79 Å². The molecule has 5 heteroatoms. The summed E-state index contributed by atoms with van der Waals surface area (Å²) in [5, 5.41) is 1.41. The molecule has 106 valence electrons. The summed E-state index contributed by atoms with van der Waals surface area (Å²) in [7, 11) is 0. The molecule has 1 heterocycles. The summed E-state index contributed by atoms with van der Waals surface area (Å²) >= 11 is 12.9. The fourth-order valence-electron chi connectivity index (χ4n) is 2.35. The van der Waals surface area contributed by atoms with Crippen molar-refractivity contribution >= 4 is 54.4 Å². The monoisotopic (exact) mass is 426 g/mol. The Balaban J connectivity index is 2.42. The summed E-state index contributed by atoms with van der Waals surface area (Å²) in [5.74, 6) is 0. The van der Waals surface area contributed by atoms with Gasteiger partial charge in [-0.05, 0) is 58.2 Å². The van der Waals surface area contributed by atoms with Gasteiger partial charge in [-0.2, -0.15) is 0 Å². The molecule has 3 rings (SSSR count). The Morgan fingerprint density at radius 1 is 1.14 bits per heavy atom. The second-order valence-electron chi connectivity index (χ2n) is 4.66. The molecular formula is C16H9Br2ClO2. The van der Waals surface area contributed by atoms with Crippen LogP contribution in [0.25, 0.3) is 22.1 Å². The van der Waals surface area contributed by atoms with Crippen molar-refractivity contribution in [1.82, 2.24) is 0 Å². The minimum absolute atomic E-state index is 0.360. The van der Waals surface area contributed by atoms with Crippen LogP contribution >= 0.6 is 43.5 Å². The Morgan fingerprint density at radius 3 is 2.62 bits per heavy atom. The van der Waals surface area contributed by atoms with E-state index < -0.39 is 0 Å². The van der Waals surface area contributed by atoms with Gasteiger partial charge in [0.15, 0.2) is 5.58 Å². The first-order chi connectivity index (χ1) is 9.97. The maximum Gasteiger partial charge on any atom is 0.344 e. The highest BCUT2D eigenvalue weighted by Gasteiger charge is 2.15. The Labute approximate surface area is 143 Å². The van der Waals surface area contributed by atoms with Crippen LogP contribution in [-0.2, 0) is 0 Å². The molecule has 0 aliphatic carbocycles. The van der Waals surface area contributed by atoms with Crippen molar-refractivity contribution in [1.29, 1.82) is 0 Å². The minimum atomic E-state index is -0.360. The van der Waals surface area contributed by atoms with Crippen molar-refractivity contribution in [2.45, 2.75) is 6.92 Å². The lowest BCUT2D eigenvalue weighted by molar-refractivity contribution is 0.561. The molecule has 0 aliphatic heterocycles. The molecule has 2 aromatic carbocycles. The number of hydrogen-bond acceptors (Lipinski definition) is 2. The van der Waals surface area contributed by atoms with Gasteiger partial charge in [-0.1, -0.05) is 39.7 Å². The largest absolute Gasteiger partial charge is 0.421 e. The summed E-state index contributed by atoms with van der Waals surface area (Å²) < 4.78 is 7.06. The van der Waals surface area contributed by atoms with Gasteiger partial charge in [0.2, 0.25) is 0 Å². The van der Waals surface area contributed by atoms with E-state index >= 15 is 0 Å². The number of rotatable bonds is 1. The Bertz CT molecular complexity index is 916. The first-order valence-corrected chi connectivity index (χ1v) is 8.12. The van der Waals surface area contributed by atoms with E-state index in [1.807, 2.05) is 31.2 Å². The van der Waals surface area contributed by atoms with E-state index in [1.54, 1.807) is 12.1 Å². The third-order valence-corrected chi connectivity index (χ3v) is 4.60. The lowest BCUT2D eigenvalue weighted by atomic mass is 10.00. The van der Waals surface area contributed by atoms with Crippen LogP contribution in [0.1, 0.15) is 5.56 Å². The molecular weight excluding hydrogens is 419 g/mol. The van der Waals surface area contributed by atoms with Gasteiger partial charge in [0.25, 0.3) is 0 Å². The van der Waals surface area contributed by atoms with Gasteiger partial charge in [0, 0.05) is 14.9 Å². The average molecular weight is 429 g/mol. The molecule has 0 saturated carbocycles. The van der Waals surface area contributed by atoms with Crippen molar-refractivity contribution in [2.75, 3.05) is 0 Å². The van der Waals surface area contributed by atoms with Crippen molar-refractivity contribution < 1.29 is 4.42 Å². The van der Waals surface area contributed by atoms with Gasteiger partial charge in [0.1, 0.15) is 0 Å². The van der Waals surface area contributed by atoms with E-state index in [4.69, 9.17) is 16.0 Å². The van der Waals surface area contributed by atoms with Gasteiger partial charge in [-0.25, -0.2) is 4.79 Å². The lowest BCUT2D eigenvalue weighted by Crippen LogP contribution is -2.06. The summed E-state index contributed by atoms with van der Waals surface area (Å²) in [5.41, 5.74) is 2.37. The Hall–Kier alpha value is -1.10. The molecule has 0 N–H and O–H groups in total. The molecule has 21 heavy (non-hydrogen) atoms. The molecule has 0 bridgehead atoms. The molecule has 0 radical (unpaired) electrons. The number of hydrogen-bond donors (Lipinski definition) is 0. The fourth-order valence-corrected chi connectivity index (χ4v) is 3.64. The van der Waals surface area contributed by atoms with Crippen LogP contribution in [0.5, 0.6) is 0 Å². The van der Waals surface area contributed by atoms with Gasteiger partial charge >= 0.3 is 5.63 Å². The molecule has 0 unspecified atom stereocenters. The molecule has 0 amide bonds. The first kappa shape index (κ1) is 14.8. The topological polar surface area (TPSA) is 30.2 Å². The molecule has 0 atom stereocenters. The Kier molecular flexibility index (Phi) is 3.95. The van der Waals surface area contributed by atoms with Crippen LogP contribution < -0.4 is 5.63 Å².